The molecule has 12 heavy (non-hydrogen) atoms. The summed E-state index contributed by atoms with van der Waals surface area (Å²) in [6, 6.07) is 0. The molecule has 0 saturated heterocycles. The highest BCUT2D eigenvalue weighted by molar-refractivity contribution is 6.68. The van der Waals surface area contributed by atoms with Crippen LogP contribution in [0.1, 0.15) is 0 Å². The predicted molar refractivity (Wildman–Crippen MR) is 48.7 cm³/mol. The summed E-state index contributed by atoms with van der Waals surface area (Å²) in [5.41, 5.74) is 0. The molecular weight excluding hydrogens is 226 g/mol. The maximum absolute atomic E-state index is 10.7. The van der Waals surface area contributed by atoms with Gasteiger partial charge < -0.3 is 10.1 Å². The van der Waals surface area contributed by atoms with E-state index in [2.05, 4.69) is 15.4 Å². The van der Waals surface area contributed by atoms with Gasteiger partial charge in [-0.1, -0.05) is 34.8 Å². The Morgan fingerprint density at radius 2 is 2.00 bits per heavy atom. The van der Waals surface area contributed by atoms with E-state index in [4.69, 9.17) is 34.8 Å². The highest BCUT2D eigenvalue weighted by atomic mass is 35.6. The van der Waals surface area contributed by atoms with Crippen LogP contribution in [0, 0.1) is 0 Å². The molecule has 0 bridgehead atoms. The zero-order valence-electron chi connectivity index (χ0n) is 6.53. The minimum Gasteiger partial charge on any atom is -0.453 e. The van der Waals surface area contributed by atoms with Gasteiger partial charge in [-0.25, -0.2) is 4.79 Å². The number of rotatable bonds is 2. The van der Waals surface area contributed by atoms with Crippen molar-refractivity contribution < 1.29 is 9.53 Å². The highest BCUT2D eigenvalue weighted by Gasteiger charge is 2.32. The van der Waals surface area contributed by atoms with Gasteiger partial charge >= 0.3 is 6.09 Å². The number of ether oxygens (including phenoxy) is 1. The summed E-state index contributed by atoms with van der Waals surface area (Å²) in [5.74, 6) is 0. The van der Waals surface area contributed by atoms with Crippen LogP contribution in [-0.4, -0.2) is 30.2 Å². The van der Waals surface area contributed by atoms with E-state index in [1.165, 1.54) is 7.11 Å². The Morgan fingerprint density at radius 3 is 2.25 bits per heavy atom. The number of alkyl carbamates (subject to hydrolysis) is 1. The third-order valence-corrected chi connectivity index (χ3v) is 1.72. The Morgan fingerprint density at radius 1 is 1.50 bits per heavy atom. The highest BCUT2D eigenvalue weighted by Crippen LogP contribution is 2.28. The molecule has 0 aromatic heterocycles. The second kappa shape index (κ2) is 4.97. The standard InChI is InChI=1S/C5H9Cl3N2O2/c1-9-3(5(6,7)8)10-4(11)12-2/h3,9H,1-2H3,(H,10,11)/t3-/m0/s1. The monoisotopic (exact) mass is 234 g/mol. The number of hydrogen-bond acceptors (Lipinski definition) is 3. The third kappa shape index (κ3) is 4.21. The van der Waals surface area contributed by atoms with Crippen LogP contribution in [-0.2, 0) is 4.74 Å². The van der Waals surface area contributed by atoms with Crippen LogP contribution in [0.3, 0.4) is 0 Å². The molecule has 0 heterocycles. The lowest BCUT2D eigenvalue weighted by molar-refractivity contribution is 0.165. The van der Waals surface area contributed by atoms with E-state index in [1.807, 2.05) is 0 Å². The lowest BCUT2D eigenvalue weighted by Crippen LogP contribution is -2.51. The Balaban J connectivity index is 4.09. The fourth-order valence-electron chi connectivity index (χ4n) is 0.494. The predicted octanol–water partition coefficient (Wildman–Crippen LogP) is 1.26. The SMILES string of the molecule is CN[C@@H](NC(=O)OC)C(Cl)(Cl)Cl. The van der Waals surface area contributed by atoms with Gasteiger partial charge in [-0.2, -0.15) is 0 Å². The van der Waals surface area contributed by atoms with Gasteiger partial charge in [0, 0.05) is 0 Å². The van der Waals surface area contributed by atoms with Crippen LogP contribution in [0.5, 0.6) is 0 Å². The minimum absolute atomic E-state index is 0.666. The molecule has 0 unspecified atom stereocenters. The van der Waals surface area contributed by atoms with E-state index < -0.39 is 16.1 Å². The Labute approximate surface area is 85.5 Å². The van der Waals surface area contributed by atoms with Gasteiger partial charge in [-0.05, 0) is 7.05 Å². The van der Waals surface area contributed by atoms with Gasteiger partial charge in [0.25, 0.3) is 0 Å². The number of hydrogen-bond donors (Lipinski definition) is 2. The van der Waals surface area contributed by atoms with Crippen LogP contribution >= 0.6 is 34.8 Å². The van der Waals surface area contributed by atoms with Crippen molar-refractivity contribution in [1.29, 1.82) is 0 Å². The van der Waals surface area contributed by atoms with Crippen molar-refractivity contribution in [2.24, 2.45) is 0 Å². The van der Waals surface area contributed by atoms with Crippen molar-refractivity contribution in [1.82, 2.24) is 10.6 Å². The van der Waals surface area contributed by atoms with E-state index in [1.54, 1.807) is 7.05 Å². The van der Waals surface area contributed by atoms with Crippen LogP contribution in [0.4, 0.5) is 4.79 Å². The second-order valence-corrected chi connectivity index (χ2v) is 4.27. The van der Waals surface area contributed by atoms with E-state index in [9.17, 15) is 4.79 Å². The van der Waals surface area contributed by atoms with E-state index in [0.29, 0.717) is 0 Å². The molecule has 2 N–H and O–H groups in total. The Hall–Kier alpha value is 0.1000. The van der Waals surface area contributed by atoms with E-state index in [-0.39, 0.29) is 0 Å². The molecular formula is C5H9Cl3N2O2. The fraction of sp³-hybridized carbons (Fsp3) is 0.800. The first kappa shape index (κ1) is 12.1. The molecule has 72 valence electrons. The number of halogens is 3. The molecule has 0 radical (unpaired) electrons. The number of carbonyl (C=O) groups is 1. The molecule has 0 fully saturated rings. The van der Waals surface area contributed by atoms with Gasteiger partial charge in [0.2, 0.25) is 3.79 Å². The summed E-state index contributed by atoms with van der Waals surface area (Å²) in [6.45, 7) is 0. The summed E-state index contributed by atoms with van der Waals surface area (Å²) >= 11 is 16.5. The lowest BCUT2D eigenvalue weighted by atomic mass is 10.5. The number of amides is 1. The van der Waals surface area contributed by atoms with Crippen molar-refractivity contribution in [2.75, 3.05) is 14.2 Å². The number of nitrogens with one attached hydrogen (secondary N) is 2. The number of methoxy groups -OCH3 is 1. The smallest absolute Gasteiger partial charge is 0.408 e. The summed E-state index contributed by atoms with van der Waals surface area (Å²) in [6.07, 6.45) is -1.45. The van der Waals surface area contributed by atoms with Crippen LogP contribution in [0.15, 0.2) is 0 Å². The normalized spacial score (nSPS) is 13.8. The third-order valence-electron chi connectivity index (χ3n) is 1.06. The van der Waals surface area contributed by atoms with Crippen molar-refractivity contribution in [3.8, 4) is 0 Å². The number of alkyl halides is 3. The topological polar surface area (TPSA) is 50.4 Å². The molecule has 0 aliphatic carbocycles. The maximum Gasteiger partial charge on any atom is 0.408 e. The first-order chi connectivity index (χ1) is 5.41. The van der Waals surface area contributed by atoms with Gasteiger partial charge in [-0.3, -0.25) is 5.32 Å². The van der Waals surface area contributed by atoms with Crippen molar-refractivity contribution >= 4 is 40.9 Å². The summed E-state index contributed by atoms with van der Waals surface area (Å²) < 4.78 is 2.70. The van der Waals surface area contributed by atoms with Crippen LogP contribution in [0.2, 0.25) is 0 Å². The van der Waals surface area contributed by atoms with Crippen LogP contribution in [0.25, 0.3) is 0 Å². The van der Waals surface area contributed by atoms with Gasteiger partial charge in [0.1, 0.15) is 6.17 Å². The summed E-state index contributed by atoms with van der Waals surface area (Å²) in [5, 5.41) is 4.89. The zero-order chi connectivity index (χ0) is 9.78. The number of carbonyl (C=O) groups excluding carboxylic acids is 1. The maximum atomic E-state index is 10.7. The Kier molecular flexibility index (Phi) is 5.01. The second-order valence-electron chi connectivity index (χ2n) is 1.90. The molecule has 1 atom stereocenters. The largest absolute Gasteiger partial charge is 0.453 e. The van der Waals surface area contributed by atoms with E-state index in [0.717, 1.165) is 0 Å². The Bertz CT molecular complexity index is 159. The van der Waals surface area contributed by atoms with Crippen molar-refractivity contribution in [3.63, 3.8) is 0 Å². The van der Waals surface area contributed by atoms with Crippen LogP contribution < -0.4 is 10.6 Å². The lowest BCUT2D eigenvalue weighted by Gasteiger charge is -2.23. The molecule has 0 saturated carbocycles. The molecule has 7 heteroatoms. The fourth-order valence-corrected chi connectivity index (χ4v) is 0.985. The first-order valence-electron chi connectivity index (χ1n) is 3.00. The van der Waals surface area contributed by atoms with Gasteiger partial charge in [0.05, 0.1) is 7.11 Å². The molecule has 1 amide bonds. The molecule has 4 nitrogen and oxygen atoms in total. The average Bonchev–Trinajstić information content (AvgIpc) is 1.97. The summed E-state index contributed by atoms with van der Waals surface area (Å²) in [7, 11) is 2.77. The molecule has 0 aromatic rings. The average molecular weight is 235 g/mol. The minimum atomic E-state index is -1.61. The molecule has 0 spiro atoms. The first-order valence-corrected chi connectivity index (χ1v) is 4.13. The van der Waals surface area contributed by atoms with Crippen molar-refractivity contribution in [3.05, 3.63) is 0 Å². The molecule has 0 aliphatic heterocycles. The molecule has 0 rings (SSSR count). The zero-order valence-corrected chi connectivity index (χ0v) is 8.80. The molecule has 0 aliphatic rings. The van der Waals surface area contributed by atoms with Crippen molar-refractivity contribution in [2.45, 2.75) is 9.96 Å². The van der Waals surface area contributed by atoms with Gasteiger partial charge in [0.15, 0.2) is 0 Å². The molecule has 0 aromatic carbocycles. The van der Waals surface area contributed by atoms with Gasteiger partial charge in [-0.15, -0.1) is 0 Å². The summed E-state index contributed by atoms with van der Waals surface area (Å²) in [4.78, 5) is 10.7. The quantitative estimate of drug-likeness (QED) is 0.560. The van der Waals surface area contributed by atoms with E-state index >= 15 is 0 Å².